The molecular formula is C19H15Cl4N3. The van der Waals surface area contributed by atoms with Crippen molar-refractivity contribution < 1.29 is 0 Å². The van der Waals surface area contributed by atoms with Crippen LogP contribution >= 0.6 is 46.4 Å². The summed E-state index contributed by atoms with van der Waals surface area (Å²) in [5.41, 5.74) is 2.99. The third-order valence-corrected chi connectivity index (χ3v) is 4.35. The summed E-state index contributed by atoms with van der Waals surface area (Å²) in [4.78, 5) is 12.2. The van der Waals surface area contributed by atoms with Crippen molar-refractivity contribution in [2.75, 3.05) is 0 Å². The van der Waals surface area contributed by atoms with E-state index in [1.807, 2.05) is 54.6 Å². The number of halogens is 4. The van der Waals surface area contributed by atoms with Crippen LogP contribution in [0.4, 0.5) is 0 Å². The highest BCUT2D eigenvalue weighted by Gasteiger charge is 2.31. The molecule has 0 aliphatic rings. The lowest BCUT2D eigenvalue weighted by Gasteiger charge is -2.18. The summed E-state index contributed by atoms with van der Waals surface area (Å²) in [7, 11) is 0. The highest BCUT2D eigenvalue weighted by atomic mass is 35.6. The Labute approximate surface area is 172 Å². The molecule has 0 saturated carbocycles. The number of hydrogen-bond acceptors (Lipinski definition) is 3. The van der Waals surface area contributed by atoms with Gasteiger partial charge in [0, 0.05) is 5.56 Å². The van der Waals surface area contributed by atoms with Gasteiger partial charge in [-0.15, -0.1) is 11.6 Å². The van der Waals surface area contributed by atoms with Gasteiger partial charge in [-0.2, -0.15) is 0 Å². The summed E-state index contributed by atoms with van der Waals surface area (Å²) >= 11 is 24.3. The molecule has 3 nitrogen and oxygen atoms in total. The molecule has 1 aromatic heterocycles. The van der Waals surface area contributed by atoms with Gasteiger partial charge in [0.05, 0.1) is 4.87 Å². The van der Waals surface area contributed by atoms with Gasteiger partial charge in [-0.1, -0.05) is 89.4 Å². The normalized spacial score (nSPS) is 12.2. The van der Waals surface area contributed by atoms with Gasteiger partial charge in [0.15, 0.2) is 17.5 Å². The van der Waals surface area contributed by atoms with Crippen molar-refractivity contribution in [2.45, 2.75) is 22.5 Å². The standard InChI is InChI=1S/C19H15Cl4N3/c1-18(2,20)16-24-15(25-17(26-16)19(21,22)23)14-10-8-13(9-11-14)12-6-4-3-5-7-12/h3-11H,1-2H3. The Morgan fingerprint density at radius 2 is 1.12 bits per heavy atom. The second-order valence-corrected chi connectivity index (χ2v) is 9.45. The van der Waals surface area contributed by atoms with Gasteiger partial charge in [0.25, 0.3) is 0 Å². The lowest BCUT2D eigenvalue weighted by molar-refractivity contribution is 0.673. The van der Waals surface area contributed by atoms with Gasteiger partial charge >= 0.3 is 0 Å². The predicted molar refractivity (Wildman–Crippen MR) is 109 cm³/mol. The molecule has 0 spiro atoms. The number of alkyl halides is 4. The van der Waals surface area contributed by atoms with E-state index < -0.39 is 8.67 Å². The molecule has 0 atom stereocenters. The van der Waals surface area contributed by atoms with Crippen molar-refractivity contribution in [3.05, 3.63) is 66.2 Å². The van der Waals surface area contributed by atoms with E-state index in [0.29, 0.717) is 11.6 Å². The maximum atomic E-state index is 6.36. The molecule has 0 N–H and O–H groups in total. The lowest BCUT2D eigenvalue weighted by Crippen LogP contribution is -2.19. The van der Waals surface area contributed by atoms with Crippen molar-refractivity contribution in [1.82, 2.24) is 15.0 Å². The smallest absolute Gasteiger partial charge is 0.211 e. The van der Waals surface area contributed by atoms with Crippen LogP contribution in [0.3, 0.4) is 0 Å². The van der Waals surface area contributed by atoms with Crippen molar-refractivity contribution in [2.24, 2.45) is 0 Å². The van der Waals surface area contributed by atoms with Crippen molar-refractivity contribution in [3.8, 4) is 22.5 Å². The van der Waals surface area contributed by atoms with Crippen LogP contribution in [0.1, 0.15) is 25.5 Å². The molecule has 0 fully saturated rings. The van der Waals surface area contributed by atoms with Crippen LogP contribution in [0.5, 0.6) is 0 Å². The molecule has 3 aromatic rings. The fourth-order valence-corrected chi connectivity index (χ4v) is 2.68. The molecule has 0 bridgehead atoms. The second-order valence-electron chi connectivity index (χ2n) is 6.22. The highest BCUT2D eigenvalue weighted by molar-refractivity contribution is 6.66. The highest BCUT2D eigenvalue weighted by Crippen LogP contribution is 2.38. The fraction of sp³-hybridized carbons (Fsp3) is 0.211. The number of benzene rings is 2. The largest absolute Gasteiger partial charge is 0.250 e. The minimum Gasteiger partial charge on any atom is -0.211 e. The van der Waals surface area contributed by atoms with Crippen LogP contribution in [-0.4, -0.2) is 15.0 Å². The van der Waals surface area contributed by atoms with Crippen molar-refractivity contribution in [3.63, 3.8) is 0 Å². The Morgan fingerprint density at radius 1 is 0.615 bits per heavy atom. The zero-order valence-corrected chi connectivity index (χ0v) is 17.1. The van der Waals surface area contributed by atoms with Crippen LogP contribution in [0.15, 0.2) is 54.6 Å². The molecule has 3 rings (SSSR count). The quantitative estimate of drug-likeness (QED) is 0.448. The molecule has 7 heteroatoms. The first-order valence-electron chi connectivity index (χ1n) is 7.83. The van der Waals surface area contributed by atoms with Gasteiger partial charge in [-0.25, -0.2) is 15.0 Å². The number of aromatic nitrogens is 3. The first-order valence-corrected chi connectivity index (χ1v) is 9.34. The zero-order chi connectivity index (χ0) is 18.9. The SMILES string of the molecule is CC(C)(Cl)c1nc(-c2ccc(-c3ccccc3)cc2)nc(C(Cl)(Cl)Cl)n1. The monoisotopic (exact) mass is 425 g/mol. The molecule has 0 radical (unpaired) electrons. The average Bonchev–Trinajstić information content (AvgIpc) is 2.61. The first kappa shape index (κ1) is 19.4. The molecule has 0 aliphatic carbocycles. The Balaban J connectivity index is 2.06. The van der Waals surface area contributed by atoms with Crippen molar-refractivity contribution >= 4 is 46.4 Å². The average molecular weight is 427 g/mol. The third kappa shape index (κ3) is 4.47. The maximum Gasteiger partial charge on any atom is 0.250 e. The van der Waals surface area contributed by atoms with E-state index in [1.165, 1.54) is 0 Å². The predicted octanol–water partition coefficient (Wildman–Crippen LogP) is 6.51. The molecule has 0 aliphatic heterocycles. The summed E-state index contributed by atoms with van der Waals surface area (Å²) in [6.45, 7) is 3.54. The zero-order valence-electron chi connectivity index (χ0n) is 14.0. The molecular weight excluding hydrogens is 412 g/mol. The Morgan fingerprint density at radius 3 is 1.65 bits per heavy atom. The lowest BCUT2D eigenvalue weighted by atomic mass is 10.0. The molecule has 0 saturated heterocycles. The summed E-state index contributed by atoms with van der Waals surface area (Å²) in [6, 6.07) is 17.9. The number of hydrogen-bond donors (Lipinski definition) is 0. The Hall–Kier alpha value is -1.39. The molecule has 26 heavy (non-hydrogen) atoms. The summed E-state index contributed by atoms with van der Waals surface area (Å²) in [5.74, 6) is 0.797. The van der Waals surface area contributed by atoms with Crippen molar-refractivity contribution in [1.29, 1.82) is 0 Å². The van der Waals surface area contributed by atoms with E-state index in [0.717, 1.165) is 16.7 Å². The maximum absolute atomic E-state index is 6.36. The first-order chi connectivity index (χ1) is 12.1. The second kappa shape index (κ2) is 7.32. The van der Waals surface area contributed by atoms with E-state index in [1.54, 1.807) is 13.8 Å². The van der Waals surface area contributed by atoms with E-state index >= 15 is 0 Å². The van der Waals surface area contributed by atoms with Gasteiger partial charge in [0.1, 0.15) is 0 Å². The summed E-state index contributed by atoms with van der Waals surface area (Å²) in [5, 5.41) is 0. The van der Waals surface area contributed by atoms with Gasteiger partial charge in [-0.05, 0) is 25.0 Å². The van der Waals surface area contributed by atoms with E-state index in [2.05, 4.69) is 15.0 Å². The van der Waals surface area contributed by atoms with Gasteiger partial charge in [0.2, 0.25) is 3.79 Å². The minimum atomic E-state index is -1.77. The third-order valence-electron chi connectivity index (χ3n) is 3.67. The summed E-state index contributed by atoms with van der Waals surface area (Å²) in [6.07, 6.45) is 0. The van der Waals surface area contributed by atoms with Crippen LogP contribution in [-0.2, 0) is 8.67 Å². The van der Waals surface area contributed by atoms with Gasteiger partial charge < -0.3 is 0 Å². The molecule has 134 valence electrons. The Kier molecular flexibility index (Phi) is 5.45. The molecule has 1 heterocycles. The van der Waals surface area contributed by atoms with Gasteiger partial charge in [-0.3, -0.25) is 0 Å². The van der Waals surface area contributed by atoms with Crippen LogP contribution in [0, 0.1) is 0 Å². The van der Waals surface area contributed by atoms with Crippen LogP contribution < -0.4 is 0 Å². The minimum absolute atomic E-state index is 0.0448. The van der Waals surface area contributed by atoms with E-state index in [4.69, 9.17) is 46.4 Å². The molecule has 2 aromatic carbocycles. The number of nitrogens with zero attached hydrogens (tertiary/aromatic N) is 3. The molecule has 0 unspecified atom stereocenters. The summed E-state index contributed by atoms with van der Waals surface area (Å²) < 4.78 is -1.77. The Bertz CT molecular complexity index is 867. The molecule has 0 amide bonds. The van der Waals surface area contributed by atoms with Crippen LogP contribution in [0.2, 0.25) is 0 Å². The van der Waals surface area contributed by atoms with E-state index in [-0.39, 0.29) is 5.82 Å². The number of rotatable bonds is 3. The van der Waals surface area contributed by atoms with Crippen LogP contribution in [0.25, 0.3) is 22.5 Å². The van der Waals surface area contributed by atoms with E-state index in [9.17, 15) is 0 Å². The topological polar surface area (TPSA) is 38.7 Å². The fourth-order valence-electron chi connectivity index (χ4n) is 2.34.